The third kappa shape index (κ3) is 2.73. The zero-order valence-corrected chi connectivity index (χ0v) is 13.1. The number of nitrogens with zero attached hydrogens (tertiary/aromatic N) is 1. The second-order valence-electron chi connectivity index (χ2n) is 4.54. The van der Waals surface area contributed by atoms with Gasteiger partial charge in [0.25, 0.3) is 0 Å². The summed E-state index contributed by atoms with van der Waals surface area (Å²) >= 11 is 9.86. The Hall–Kier alpha value is -0.970. The maximum Gasteiger partial charge on any atom is 0.246 e. The van der Waals surface area contributed by atoms with Gasteiger partial charge in [-0.1, -0.05) is 36.4 Å². The van der Waals surface area contributed by atoms with Crippen LogP contribution < -0.4 is 0 Å². The lowest BCUT2D eigenvalue weighted by molar-refractivity contribution is -0.131. The lowest BCUT2D eigenvalue weighted by atomic mass is 10.1. The number of amides is 1. The van der Waals surface area contributed by atoms with Crippen molar-refractivity contribution < 1.29 is 4.79 Å². The maximum absolute atomic E-state index is 12.6. The van der Waals surface area contributed by atoms with Gasteiger partial charge in [-0.15, -0.1) is 34.7 Å². The molecule has 20 heavy (non-hydrogen) atoms. The second-order valence-corrected chi connectivity index (χ2v) is 7.15. The predicted octanol–water partition coefficient (Wildman–Crippen LogP) is 4.30. The minimum atomic E-state index is -0.600. The molecule has 104 valence electrons. The highest BCUT2D eigenvalue weighted by molar-refractivity contribution is 7.99. The zero-order chi connectivity index (χ0) is 13.9. The zero-order valence-electron chi connectivity index (χ0n) is 10.7. The second kappa shape index (κ2) is 6.20. The van der Waals surface area contributed by atoms with Gasteiger partial charge < -0.3 is 4.90 Å². The van der Waals surface area contributed by atoms with Crippen molar-refractivity contribution in [1.29, 1.82) is 0 Å². The van der Waals surface area contributed by atoms with Crippen LogP contribution in [0, 0.1) is 0 Å². The number of hydrogen-bond donors (Lipinski definition) is 0. The number of benzene rings is 1. The molecule has 5 heteroatoms. The maximum atomic E-state index is 12.6. The molecule has 1 amide bonds. The summed E-state index contributed by atoms with van der Waals surface area (Å²) in [6.45, 7) is 0.766. The molecule has 1 aliphatic rings. The Morgan fingerprint density at radius 2 is 2.05 bits per heavy atom. The van der Waals surface area contributed by atoms with Gasteiger partial charge in [0.2, 0.25) is 5.91 Å². The molecule has 1 aromatic heterocycles. The summed E-state index contributed by atoms with van der Waals surface area (Å²) < 4.78 is 0. The van der Waals surface area contributed by atoms with E-state index in [0.29, 0.717) is 0 Å². The fraction of sp³-hybridized carbons (Fsp3) is 0.267. The first-order valence-electron chi connectivity index (χ1n) is 6.42. The van der Waals surface area contributed by atoms with E-state index in [1.54, 1.807) is 23.1 Å². The van der Waals surface area contributed by atoms with Crippen molar-refractivity contribution >= 4 is 40.6 Å². The van der Waals surface area contributed by atoms with Crippen LogP contribution in [-0.4, -0.2) is 23.1 Å². The van der Waals surface area contributed by atoms with Crippen LogP contribution in [0.15, 0.2) is 47.8 Å². The standard InChI is InChI=1S/C15H14ClNOS2/c16-13(11-5-2-1-3-6-11)14(18)17-8-10-20-15(17)12-7-4-9-19-12/h1-7,9,13,15H,8,10H2/t13-,15-/m1/s1. The molecule has 3 rings (SSSR count). The molecule has 0 spiro atoms. The van der Waals surface area contributed by atoms with E-state index in [2.05, 4.69) is 6.07 Å². The van der Waals surface area contributed by atoms with Crippen molar-refractivity contribution in [3.05, 3.63) is 58.3 Å². The van der Waals surface area contributed by atoms with Gasteiger partial charge >= 0.3 is 0 Å². The van der Waals surface area contributed by atoms with Gasteiger partial charge in [0, 0.05) is 17.2 Å². The summed E-state index contributed by atoms with van der Waals surface area (Å²) in [4.78, 5) is 15.8. The molecule has 1 fully saturated rings. The highest BCUT2D eigenvalue weighted by atomic mass is 35.5. The number of halogens is 1. The molecular weight excluding hydrogens is 310 g/mol. The third-order valence-corrected chi connectivity index (χ3v) is 6.02. The summed E-state index contributed by atoms with van der Waals surface area (Å²) in [5.74, 6) is 0.966. The van der Waals surface area contributed by atoms with Crippen LogP contribution in [-0.2, 0) is 4.79 Å². The van der Waals surface area contributed by atoms with E-state index in [0.717, 1.165) is 17.9 Å². The van der Waals surface area contributed by atoms with E-state index in [-0.39, 0.29) is 11.3 Å². The van der Waals surface area contributed by atoms with Crippen molar-refractivity contribution in [3.63, 3.8) is 0 Å². The van der Waals surface area contributed by atoms with Crippen LogP contribution in [0.25, 0.3) is 0 Å². The van der Waals surface area contributed by atoms with E-state index in [1.165, 1.54) is 4.88 Å². The Morgan fingerprint density at radius 1 is 1.25 bits per heavy atom. The molecule has 0 aliphatic carbocycles. The first-order chi connectivity index (χ1) is 9.77. The molecular formula is C15H14ClNOS2. The van der Waals surface area contributed by atoms with Crippen molar-refractivity contribution in [2.24, 2.45) is 0 Å². The van der Waals surface area contributed by atoms with Crippen LogP contribution in [0.5, 0.6) is 0 Å². The summed E-state index contributed by atoms with van der Waals surface area (Å²) in [6.07, 6.45) is 0. The first-order valence-corrected chi connectivity index (χ1v) is 8.78. The normalized spacial score (nSPS) is 20.1. The number of hydrogen-bond acceptors (Lipinski definition) is 3. The number of thiophene rings is 1. The van der Waals surface area contributed by atoms with E-state index >= 15 is 0 Å². The third-order valence-electron chi connectivity index (χ3n) is 3.27. The lowest BCUT2D eigenvalue weighted by Gasteiger charge is -2.25. The fourth-order valence-electron chi connectivity index (χ4n) is 2.27. The molecule has 2 atom stereocenters. The van der Waals surface area contributed by atoms with Gasteiger partial charge in [-0.25, -0.2) is 0 Å². The van der Waals surface area contributed by atoms with Crippen LogP contribution >= 0.6 is 34.7 Å². The average Bonchev–Trinajstić information content (AvgIpc) is 3.16. The number of carbonyl (C=O) groups is 1. The SMILES string of the molecule is O=C([C@H](Cl)c1ccccc1)N1CCS[C@@H]1c1cccs1. The summed E-state index contributed by atoms with van der Waals surface area (Å²) in [7, 11) is 0. The van der Waals surface area contributed by atoms with Gasteiger partial charge in [0.05, 0.1) is 0 Å². The predicted molar refractivity (Wildman–Crippen MR) is 86.3 cm³/mol. The van der Waals surface area contributed by atoms with E-state index < -0.39 is 5.38 Å². The molecule has 1 saturated heterocycles. The summed E-state index contributed by atoms with van der Waals surface area (Å²) in [5, 5.41) is 1.57. The number of rotatable bonds is 3. The molecule has 1 aliphatic heterocycles. The molecule has 0 radical (unpaired) electrons. The molecule has 0 unspecified atom stereocenters. The van der Waals surface area contributed by atoms with Crippen LogP contribution in [0.2, 0.25) is 0 Å². The molecule has 1 aromatic carbocycles. The number of thioether (sulfide) groups is 1. The average molecular weight is 324 g/mol. The minimum Gasteiger partial charge on any atom is -0.323 e. The van der Waals surface area contributed by atoms with Gasteiger partial charge in [0.15, 0.2) is 0 Å². The van der Waals surface area contributed by atoms with Crippen molar-refractivity contribution in [3.8, 4) is 0 Å². The molecule has 2 heterocycles. The van der Waals surface area contributed by atoms with E-state index in [1.807, 2.05) is 46.7 Å². The quantitative estimate of drug-likeness (QED) is 0.785. The Bertz CT molecular complexity index is 573. The fourth-order valence-corrected chi connectivity index (χ4v) is 4.79. The Kier molecular flexibility index (Phi) is 4.34. The molecule has 0 saturated carbocycles. The molecule has 2 nitrogen and oxygen atoms in total. The van der Waals surface area contributed by atoms with Gasteiger partial charge in [-0.05, 0) is 17.0 Å². The Balaban J connectivity index is 1.79. The molecule has 0 N–H and O–H groups in total. The number of carbonyl (C=O) groups excluding carboxylic acids is 1. The van der Waals surface area contributed by atoms with Crippen molar-refractivity contribution in [2.45, 2.75) is 10.8 Å². The largest absolute Gasteiger partial charge is 0.323 e. The van der Waals surface area contributed by atoms with Crippen LogP contribution in [0.3, 0.4) is 0 Å². The highest BCUT2D eigenvalue weighted by Crippen LogP contribution is 2.41. The van der Waals surface area contributed by atoms with Crippen LogP contribution in [0.4, 0.5) is 0 Å². The topological polar surface area (TPSA) is 20.3 Å². The van der Waals surface area contributed by atoms with Gasteiger partial charge in [-0.3, -0.25) is 4.79 Å². The minimum absolute atomic E-state index is 0.00117. The molecule has 0 bridgehead atoms. The van der Waals surface area contributed by atoms with Gasteiger partial charge in [-0.2, -0.15) is 0 Å². The molecule has 2 aromatic rings. The number of alkyl halides is 1. The van der Waals surface area contributed by atoms with E-state index in [4.69, 9.17) is 11.6 Å². The lowest BCUT2D eigenvalue weighted by Crippen LogP contribution is -2.32. The monoisotopic (exact) mass is 323 g/mol. The summed E-state index contributed by atoms with van der Waals surface area (Å²) in [6, 6.07) is 13.7. The first kappa shape index (κ1) is 14.0. The Labute approximate surface area is 131 Å². The van der Waals surface area contributed by atoms with E-state index in [9.17, 15) is 4.79 Å². The van der Waals surface area contributed by atoms with Crippen molar-refractivity contribution in [2.75, 3.05) is 12.3 Å². The van der Waals surface area contributed by atoms with Crippen molar-refractivity contribution in [1.82, 2.24) is 4.90 Å². The highest BCUT2D eigenvalue weighted by Gasteiger charge is 2.34. The Morgan fingerprint density at radius 3 is 2.75 bits per heavy atom. The summed E-state index contributed by atoms with van der Waals surface area (Å²) in [5.41, 5.74) is 0.862. The smallest absolute Gasteiger partial charge is 0.246 e. The van der Waals surface area contributed by atoms with Crippen LogP contribution in [0.1, 0.15) is 21.2 Å². The van der Waals surface area contributed by atoms with Gasteiger partial charge in [0.1, 0.15) is 10.8 Å².